The molecule has 4 heteroatoms. The van der Waals surface area contributed by atoms with Gasteiger partial charge >= 0.3 is 0 Å². The second-order valence-corrected chi connectivity index (χ2v) is 5.40. The van der Waals surface area contributed by atoms with Crippen molar-refractivity contribution < 1.29 is 4.39 Å². The number of rotatable bonds is 2. The predicted octanol–water partition coefficient (Wildman–Crippen LogP) is 3.15. The van der Waals surface area contributed by atoms with E-state index in [4.69, 9.17) is 5.73 Å². The second-order valence-electron chi connectivity index (χ2n) is 4.51. The van der Waals surface area contributed by atoms with Crippen LogP contribution in [0.25, 0.3) is 11.3 Å². The molecular weight excluding hydrogens is 235 g/mol. The van der Waals surface area contributed by atoms with E-state index in [9.17, 15) is 4.39 Å². The molecule has 1 saturated carbocycles. The van der Waals surface area contributed by atoms with E-state index in [0.29, 0.717) is 12.0 Å². The Hall–Kier alpha value is -1.26. The van der Waals surface area contributed by atoms with E-state index < -0.39 is 0 Å². The number of nitrogens with two attached hydrogens (primary N) is 1. The lowest BCUT2D eigenvalue weighted by Crippen LogP contribution is -2.34. The molecule has 1 aromatic heterocycles. The normalized spacial score (nSPS) is 23.4. The van der Waals surface area contributed by atoms with Crippen molar-refractivity contribution in [1.82, 2.24) is 4.98 Å². The van der Waals surface area contributed by atoms with Gasteiger partial charge in [0.2, 0.25) is 0 Å². The average molecular weight is 248 g/mol. The number of halogens is 1. The van der Waals surface area contributed by atoms with E-state index >= 15 is 0 Å². The summed E-state index contributed by atoms with van der Waals surface area (Å²) in [7, 11) is 0. The minimum atomic E-state index is -0.220. The third-order valence-electron chi connectivity index (χ3n) is 3.17. The van der Waals surface area contributed by atoms with Crippen molar-refractivity contribution in [3.8, 4) is 11.3 Å². The lowest BCUT2D eigenvalue weighted by atomic mass is 9.81. The van der Waals surface area contributed by atoms with Crippen molar-refractivity contribution in [1.29, 1.82) is 0 Å². The van der Waals surface area contributed by atoms with Crippen LogP contribution in [0.4, 0.5) is 4.39 Å². The minimum absolute atomic E-state index is 0.220. The van der Waals surface area contributed by atoms with Crippen LogP contribution in [0.15, 0.2) is 29.6 Å². The van der Waals surface area contributed by atoms with Crippen molar-refractivity contribution in [2.45, 2.75) is 24.8 Å². The van der Waals surface area contributed by atoms with Gasteiger partial charge in [-0.3, -0.25) is 0 Å². The molecule has 1 aliphatic rings. The predicted molar refractivity (Wildman–Crippen MR) is 67.5 cm³/mol. The van der Waals surface area contributed by atoms with Gasteiger partial charge in [-0.15, -0.1) is 11.3 Å². The maximum absolute atomic E-state index is 13.1. The highest BCUT2D eigenvalue weighted by atomic mass is 32.1. The van der Waals surface area contributed by atoms with Crippen molar-refractivity contribution >= 4 is 11.3 Å². The molecule has 2 N–H and O–H groups in total. The van der Waals surface area contributed by atoms with Gasteiger partial charge in [0.1, 0.15) is 5.82 Å². The number of hydrogen-bond donors (Lipinski definition) is 1. The van der Waals surface area contributed by atoms with E-state index in [-0.39, 0.29) is 5.82 Å². The van der Waals surface area contributed by atoms with Crippen molar-refractivity contribution in [3.63, 3.8) is 0 Å². The standard InChI is InChI=1S/C13H13FN2S/c14-10-3-1-2-8(4-10)12-7-17-13(16-12)9-5-11(15)6-9/h1-4,7,9,11H,5-6,15H2. The molecule has 0 saturated heterocycles. The van der Waals surface area contributed by atoms with E-state index in [1.807, 2.05) is 11.4 Å². The summed E-state index contributed by atoms with van der Waals surface area (Å²) in [5, 5.41) is 3.12. The molecule has 0 aliphatic heterocycles. The van der Waals surface area contributed by atoms with Crippen LogP contribution in [-0.2, 0) is 0 Å². The molecule has 1 aromatic carbocycles. The van der Waals surface area contributed by atoms with Crippen LogP contribution in [0.1, 0.15) is 23.8 Å². The van der Waals surface area contributed by atoms with Crippen LogP contribution >= 0.6 is 11.3 Å². The summed E-state index contributed by atoms with van der Waals surface area (Å²) in [6.45, 7) is 0. The quantitative estimate of drug-likeness (QED) is 0.886. The van der Waals surface area contributed by atoms with Crippen LogP contribution < -0.4 is 5.73 Å². The molecule has 0 bridgehead atoms. The van der Waals surface area contributed by atoms with Gasteiger partial charge in [-0.2, -0.15) is 0 Å². The Bertz CT molecular complexity index is 532. The molecular formula is C13H13FN2S. The molecule has 88 valence electrons. The van der Waals surface area contributed by atoms with Crippen LogP contribution in [0.5, 0.6) is 0 Å². The lowest BCUT2D eigenvalue weighted by molar-refractivity contribution is 0.351. The van der Waals surface area contributed by atoms with Crippen molar-refractivity contribution in [2.24, 2.45) is 5.73 Å². The molecule has 17 heavy (non-hydrogen) atoms. The number of thiazole rings is 1. The van der Waals surface area contributed by atoms with E-state index in [0.717, 1.165) is 29.1 Å². The third-order valence-corrected chi connectivity index (χ3v) is 4.17. The summed E-state index contributed by atoms with van der Waals surface area (Å²) in [5.74, 6) is 0.292. The fourth-order valence-corrected chi connectivity index (χ4v) is 3.08. The first kappa shape index (κ1) is 10.9. The Balaban J connectivity index is 1.85. The first-order chi connectivity index (χ1) is 8.22. The summed E-state index contributed by atoms with van der Waals surface area (Å²) in [6.07, 6.45) is 2.05. The molecule has 3 rings (SSSR count). The van der Waals surface area contributed by atoms with Gasteiger partial charge in [-0.05, 0) is 25.0 Å². The summed E-state index contributed by atoms with van der Waals surface area (Å²) >= 11 is 1.65. The molecule has 1 fully saturated rings. The van der Waals surface area contributed by atoms with Crippen LogP contribution in [-0.4, -0.2) is 11.0 Å². The van der Waals surface area contributed by atoms with Gasteiger partial charge in [0.15, 0.2) is 0 Å². The third kappa shape index (κ3) is 2.10. The summed E-state index contributed by atoms with van der Waals surface area (Å²) < 4.78 is 13.1. The zero-order valence-electron chi connectivity index (χ0n) is 9.27. The fourth-order valence-electron chi connectivity index (χ4n) is 2.12. The zero-order chi connectivity index (χ0) is 11.8. The molecule has 1 heterocycles. The first-order valence-electron chi connectivity index (χ1n) is 5.69. The van der Waals surface area contributed by atoms with Gasteiger partial charge in [0.05, 0.1) is 10.7 Å². The van der Waals surface area contributed by atoms with Crippen LogP contribution in [0.3, 0.4) is 0 Å². The highest BCUT2D eigenvalue weighted by molar-refractivity contribution is 7.10. The molecule has 1 aliphatic carbocycles. The van der Waals surface area contributed by atoms with Gasteiger partial charge in [-0.25, -0.2) is 9.37 Å². The smallest absolute Gasteiger partial charge is 0.123 e. The van der Waals surface area contributed by atoms with Gasteiger partial charge in [0, 0.05) is 22.9 Å². The Morgan fingerprint density at radius 2 is 2.18 bits per heavy atom. The summed E-state index contributed by atoms with van der Waals surface area (Å²) in [5.41, 5.74) is 7.48. The number of nitrogens with zero attached hydrogens (tertiary/aromatic N) is 1. The maximum atomic E-state index is 13.1. The molecule has 0 unspecified atom stereocenters. The Kier molecular flexibility index (Phi) is 2.68. The lowest BCUT2D eigenvalue weighted by Gasteiger charge is -2.30. The summed E-state index contributed by atoms with van der Waals surface area (Å²) in [4.78, 5) is 4.57. The molecule has 0 amide bonds. The molecule has 2 nitrogen and oxygen atoms in total. The van der Waals surface area contributed by atoms with Crippen LogP contribution in [0, 0.1) is 5.82 Å². The SMILES string of the molecule is NC1CC(c2nc(-c3cccc(F)c3)cs2)C1. The monoisotopic (exact) mass is 248 g/mol. The molecule has 0 radical (unpaired) electrons. The second kappa shape index (κ2) is 4.20. The molecule has 0 atom stereocenters. The summed E-state index contributed by atoms with van der Waals surface area (Å²) in [6, 6.07) is 6.89. The Morgan fingerprint density at radius 1 is 1.35 bits per heavy atom. The van der Waals surface area contributed by atoms with Crippen molar-refractivity contribution in [2.75, 3.05) is 0 Å². The highest BCUT2D eigenvalue weighted by Gasteiger charge is 2.29. The average Bonchev–Trinajstić information content (AvgIpc) is 2.74. The molecule has 2 aromatic rings. The van der Waals surface area contributed by atoms with Gasteiger partial charge in [0.25, 0.3) is 0 Å². The Morgan fingerprint density at radius 3 is 2.88 bits per heavy atom. The maximum Gasteiger partial charge on any atom is 0.123 e. The highest BCUT2D eigenvalue weighted by Crippen LogP contribution is 2.38. The first-order valence-corrected chi connectivity index (χ1v) is 6.57. The number of benzene rings is 1. The van der Waals surface area contributed by atoms with E-state index in [2.05, 4.69) is 4.98 Å². The molecule has 0 spiro atoms. The Labute approximate surface area is 103 Å². The zero-order valence-corrected chi connectivity index (χ0v) is 10.1. The number of hydrogen-bond acceptors (Lipinski definition) is 3. The largest absolute Gasteiger partial charge is 0.328 e. The van der Waals surface area contributed by atoms with Crippen molar-refractivity contribution in [3.05, 3.63) is 40.5 Å². The number of aromatic nitrogens is 1. The minimum Gasteiger partial charge on any atom is -0.328 e. The fraction of sp³-hybridized carbons (Fsp3) is 0.308. The van der Waals surface area contributed by atoms with Crippen LogP contribution in [0.2, 0.25) is 0 Å². The van der Waals surface area contributed by atoms with E-state index in [1.54, 1.807) is 17.4 Å². The van der Waals surface area contributed by atoms with Gasteiger partial charge in [-0.1, -0.05) is 12.1 Å². The van der Waals surface area contributed by atoms with Gasteiger partial charge < -0.3 is 5.73 Å². The topological polar surface area (TPSA) is 38.9 Å². The van der Waals surface area contributed by atoms with E-state index in [1.165, 1.54) is 12.1 Å².